The molecule has 2 bridgehead atoms. The van der Waals surface area contributed by atoms with E-state index in [1.807, 2.05) is 0 Å². The number of aliphatic hydroxyl groups excluding tert-OH is 1. The van der Waals surface area contributed by atoms with Gasteiger partial charge in [0, 0.05) is 6.61 Å². The summed E-state index contributed by atoms with van der Waals surface area (Å²) >= 11 is 0. The highest BCUT2D eigenvalue weighted by molar-refractivity contribution is 5.04. The molecule has 1 nitrogen and oxygen atoms in total. The van der Waals surface area contributed by atoms with E-state index in [0.717, 1.165) is 29.6 Å². The maximum atomic E-state index is 9.33. The van der Waals surface area contributed by atoms with E-state index in [1.54, 1.807) is 0 Å². The predicted octanol–water partition coefficient (Wildman–Crippen LogP) is 2.30. The van der Waals surface area contributed by atoms with Crippen LogP contribution in [0.15, 0.2) is 0 Å². The maximum absolute atomic E-state index is 9.33. The second-order valence-corrected chi connectivity index (χ2v) is 5.63. The fourth-order valence-corrected chi connectivity index (χ4v) is 4.79. The summed E-state index contributed by atoms with van der Waals surface area (Å²) in [4.78, 5) is 0. The predicted molar refractivity (Wildman–Crippen MR) is 52.2 cm³/mol. The van der Waals surface area contributed by atoms with Gasteiger partial charge in [-0.25, -0.2) is 0 Å². The molecule has 3 rings (SSSR count). The molecule has 1 heteroatoms. The van der Waals surface area contributed by atoms with Crippen LogP contribution in [0.2, 0.25) is 0 Å². The van der Waals surface area contributed by atoms with Gasteiger partial charge in [0.25, 0.3) is 0 Å². The number of hydrogen-bond acceptors (Lipinski definition) is 1. The fraction of sp³-hybridized carbons (Fsp3) is 1.00. The Balaban J connectivity index is 1.85. The standard InChI is InChI=1S/C12H20O/c1-7-4-9-5-11(7)12-8(6-13)2-3-10(9)12/h7-13H,2-6H2,1H3. The molecule has 74 valence electrons. The summed E-state index contributed by atoms with van der Waals surface area (Å²) in [6.07, 6.45) is 5.71. The lowest BCUT2D eigenvalue weighted by Gasteiger charge is -2.32. The Morgan fingerprint density at radius 3 is 2.77 bits per heavy atom. The molecule has 0 spiro atoms. The van der Waals surface area contributed by atoms with Crippen molar-refractivity contribution in [3.05, 3.63) is 0 Å². The van der Waals surface area contributed by atoms with Gasteiger partial charge in [-0.15, -0.1) is 0 Å². The van der Waals surface area contributed by atoms with Gasteiger partial charge < -0.3 is 5.11 Å². The van der Waals surface area contributed by atoms with Crippen LogP contribution in [-0.4, -0.2) is 11.7 Å². The molecule has 0 aromatic heterocycles. The quantitative estimate of drug-likeness (QED) is 0.656. The highest BCUT2D eigenvalue weighted by Crippen LogP contribution is 2.62. The molecule has 13 heavy (non-hydrogen) atoms. The Labute approximate surface area is 80.5 Å². The van der Waals surface area contributed by atoms with Crippen molar-refractivity contribution in [3.63, 3.8) is 0 Å². The average molecular weight is 180 g/mol. The molecule has 0 saturated heterocycles. The third-order valence-corrected chi connectivity index (χ3v) is 5.22. The van der Waals surface area contributed by atoms with E-state index in [0.29, 0.717) is 12.5 Å². The molecule has 6 unspecified atom stereocenters. The van der Waals surface area contributed by atoms with Gasteiger partial charge in [-0.3, -0.25) is 0 Å². The van der Waals surface area contributed by atoms with E-state index >= 15 is 0 Å². The molecule has 0 amide bonds. The van der Waals surface area contributed by atoms with E-state index in [1.165, 1.54) is 25.7 Å². The highest BCUT2D eigenvalue weighted by Gasteiger charge is 2.55. The molecule has 0 aliphatic heterocycles. The summed E-state index contributed by atoms with van der Waals surface area (Å²) in [5.41, 5.74) is 0. The largest absolute Gasteiger partial charge is 0.396 e. The lowest BCUT2D eigenvalue weighted by atomic mass is 9.73. The van der Waals surface area contributed by atoms with Crippen molar-refractivity contribution in [3.8, 4) is 0 Å². The van der Waals surface area contributed by atoms with Crippen LogP contribution in [0.4, 0.5) is 0 Å². The molecule has 0 radical (unpaired) electrons. The van der Waals surface area contributed by atoms with E-state index in [9.17, 15) is 5.11 Å². The van der Waals surface area contributed by atoms with Crippen molar-refractivity contribution >= 4 is 0 Å². The van der Waals surface area contributed by atoms with Crippen LogP contribution in [0.25, 0.3) is 0 Å². The van der Waals surface area contributed by atoms with Gasteiger partial charge >= 0.3 is 0 Å². The lowest BCUT2D eigenvalue weighted by Crippen LogP contribution is -2.28. The first-order valence-electron chi connectivity index (χ1n) is 5.92. The maximum Gasteiger partial charge on any atom is 0.0462 e. The topological polar surface area (TPSA) is 20.2 Å². The van der Waals surface area contributed by atoms with Gasteiger partial charge in [0.05, 0.1) is 0 Å². The number of aliphatic hydroxyl groups is 1. The molecule has 3 aliphatic rings. The van der Waals surface area contributed by atoms with Gasteiger partial charge in [-0.1, -0.05) is 6.92 Å². The minimum absolute atomic E-state index is 0.455. The van der Waals surface area contributed by atoms with Crippen molar-refractivity contribution in [2.24, 2.45) is 35.5 Å². The highest BCUT2D eigenvalue weighted by atomic mass is 16.3. The van der Waals surface area contributed by atoms with Crippen LogP contribution < -0.4 is 0 Å². The number of fused-ring (bicyclic) bond motifs is 5. The van der Waals surface area contributed by atoms with Crippen molar-refractivity contribution in [1.29, 1.82) is 0 Å². The Hall–Kier alpha value is -0.0400. The summed E-state index contributed by atoms with van der Waals surface area (Å²) in [5.74, 6) is 5.58. The van der Waals surface area contributed by atoms with E-state index in [-0.39, 0.29) is 0 Å². The zero-order valence-corrected chi connectivity index (χ0v) is 8.45. The summed E-state index contributed by atoms with van der Waals surface area (Å²) in [6, 6.07) is 0. The molecule has 1 N–H and O–H groups in total. The molecule has 3 fully saturated rings. The lowest BCUT2D eigenvalue weighted by molar-refractivity contribution is 0.117. The van der Waals surface area contributed by atoms with Gasteiger partial charge in [-0.2, -0.15) is 0 Å². The van der Waals surface area contributed by atoms with Gasteiger partial charge in [-0.05, 0) is 61.2 Å². The zero-order valence-electron chi connectivity index (χ0n) is 8.45. The first-order valence-corrected chi connectivity index (χ1v) is 5.92. The van der Waals surface area contributed by atoms with Gasteiger partial charge in [0.15, 0.2) is 0 Å². The molecule has 0 aromatic rings. The summed E-state index contributed by atoms with van der Waals surface area (Å²) in [6.45, 7) is 2.88. The third-order valence-electron chi connectivity index (χ3n) is 5.22. The second-order valence-electron chi connectivity index (χ2n) is 5.63. The normalized spacial score (nSPS) is 58.6. The molecule has 3 aliphatic carbocycles. The van der Waals surface area contributed by atoms with Crippen molar-refractivity contribution in [2.45, 2.75) is 32.6 Å². The summed E-state index contributed by atoms with van der Waals surface area (Å²) < 4.78 is 0. The average Bonchev–Trinajstić information content (AvgIpc) is 2.71. The zero-order chi connectivity index (χ0) is 9.00. The van der Waals surface area contributed by atoms with Crippen LogP contribution in [0, 0.1) is 35.5 Å². The second kappa shape index (κ2) is 2.73. The fourth-order valence-electron chi connectivity index (χ4n) is 4.79. The molecule has 3 saturated carbocycles. The Morgan fingerprint density at radius 1 is 1.15 bits per heavy atom. The van der Waals surface area contributed by atoms with E-state index < -0.39 is 0 Å². The van der Waals surface area contributed by atoms with Crippen LogP contribution in [0.5, 0.6) is 0 Å². The monoisotopic (exact) mass is 180 g/mol. The minimum Gasteiger partial charge on any atom is -0.396 e. The van der Waals surface area contributed by atoms with Crippen molar-refractivity contribution < 1.29 is 5.11 Å². The van der Waals surface area contributed by atoms with Gasteiger partial charge in [0.1, 0.15) is 0 Å². The van der Waals surface area contributed by atoms with E-state index in [4.69, 9.17) is 0 Å². The van der Waals surface area contributed by atoms with Crippen LogP contribution in [-0.2, 0) is 0 Å². The molecular formula is C12H20O. The van der Waals surface area contributed by atoms with Crippen LogP contribution >= 0.6 is 0 Å². The molecule has 0 aromatic carbocycles. The molecular weight excluding hydrogens is 160 g/mol. The smallest absolute Gasteiger partial charge is 0.0462 e. The van der Waals surface area contributed by atoms with Crippen LogP contribution in [0.3, 0.4) is 0 Å². The molecule has 6 atom stereocenters. The molecule has 0 heterocycles. The first-order chi connectivity index (χ1) is 6.31. The van der Waals surface area contributed by atoms with Crippen LogP contribution in [0.1, 0.15) is 32.6 Å². The van der Waals surface area contributed by atoms with E-state index in [2.05, 4.69) is 6.92 Å². The Morgan fingerprint density at radius 2 is 2.00 bits per heavy atom. The third kappa shape index (κ3) is 0.971. The Bertz CT molecular complexity index is 213. The minimum atomic E-state index is 0.455. The summed E-state index contributed by atoms with van der Waals surface area (Å²) in [5, 5.41) is 9.33. The van der Waals surface area contributed by atoms with Crippen molar-refractivity contribution in [2.75, 3.05) is 6.61 Å². The number of hydrogen-bond donors (Lipinski definition) is 1. The SMILES string of the molecule is CC1CC2CC1C1C(CO)CCC21. The van der Waals surface area contributed by atoms with Gasteiger partial charge in [0.2, 0.25) is 0 Å². The van der Waals surface area contributed by atoms with Crippen molar-refractivity contribution in [1.82, 2.24) is 0 Å². The summed E-state index contributed by atoms with van der Waals surface area (Å²) in [7, 11) is 0. The Kier molecular flexibility index (Phi) is 1.74. The number of rotatable bonds is 1. The first kappa shape index (κ1) is 8.28.